The van der Waals surface area contributed by atoms with Gasteiger partial charge >= 0.3 is 17.9 Å². The van der Waals surface area contributed by atoms with Crippen LogP contribution >= 0.6 is 0 Å². The highest BCUT2D eigenvalue weighted by Crippen LogP contribution is 2.17. The molecule has 0 aromatic rings. The van der Waals surface area contributed by atoms with Gasteiger partial charge in [0.2, 0.25) is 0 Å². The van der Waals surface area contributed by atoms with E-state index in [9.17, 15) is 14.4 Å². The summed E-state index contributed by atoms with van der Waals surface area (Å²) in [5, 5.41) is 0. The Hall–Kier alpha value is -2.89. The first-order valence-electron chi connectivity index (χ1n) is 29.3. The van der Waals surface area contributed by atoms with Gasteiger partial charge in [0.15, 0.2) is 6.10 Å². The molecule has 0 heterocycles. The number of ether oxygens (including phenoxy) is 3. The summed E-state index contributed by atoms with van der Waals surface area (Å²) in [6.45, 7) is 6.47. The maximum atomic E-state index is 12.8. The Morgan fingerprint density at radius 2 is 0.603 bits per heavy atom. The third kappa shape index (κ3) is 54.1. The van der Waals surface area contributed by atoms with Crippen LogP contribution in [0, 0.1) is 0 Å². The van der Waals surface area contributed by atoms with Crippen LogP contribution in [0.5, 0.6) is 0 Å². The summed E-state index contributed by atoms with van der Waals surface area (Å²) in [4.78, 5) is 38.1. The number of unbranched alkanes of at least 4 members (excludes halogenated alkanes) is 32. The molecule has 0 fully saturated rings. The van der Waals surface area contributed by atoms with E-state index in [2.05, 4.69) is 75.5 Å². The van der Waals surface area contributed by atoms with Crippen molar-refractivity contribution in [2.75, 3.05) is 13.2 Å². The van der Waals surface area contributed by atoms with Gasteiger partial charge in [0.05, 0.1) is 0 Å². The van der Waals surface area contributed by atoms with E-state index in [0.717, 1.165) is 77.0 Å². The van der Waals surface area contributed by atoms with Crippen LogP contribution in [-0.2, 0) is 28.6 Å². The van der Waals surface area contributed by atoms with Crippen molar-refractivity contribution < 1.29 is 28.6 Å². The Morgan fingerprint density at radius 1 is 0.309 bits per heavy atom. The Kier molecular flexibility index (Phi) is 54.3. The molecule has 0 aromatic carbocycles. The summed E-state index contributed by atoms with van der Waals surface area (Å²) < 4.78 is 16.8. The second-order valence-corrected chi connectivity index (χ2v) is 19.5. The van der Waals surface area contributed by atoms with Gasteiger partial charge in [0.1, 0.15) is 13.2 Å². The Bertz CT molecular complexity index is 1230. The van der Waals surface area contributed by atoms with Crippen LogP contribution in [0.3, 0.4) is 0 Å². The van der Waals surface area contributed by atoms with Gasteiger partial charge in [-0.25, -0.2) is 0 Å². The molecule has 0 amide bonds. The minimum atomic E-state index is -0.805. The van der Waals surface area contributed by atoms with Crippen molar-refractivity contribution >= 4 is 17.9 Å². The molecule has 1 atom stereocenters. The van der Waals surface area contributed by atoms with Gasteiger partial charge in [0, 0.05) is 19.3 Å². The summed E-state index contributed by atoms with van der Waals surface area (Å²) in [6.07, 6.45) is 71.0. The molecule has 0 N–H and O–H groups in total. The second kappa shape index (κ2) is 56.7. The lowest BCUT2D eigenvalue weighted by molar-refractivity contribution is -0.166. The molecule has 394 valence electrons. The minimum absolute atomic E-state index is 0.0969. The lowest BCUT2D eigenvalue weighted by atomic mass is 10.0. The molecular formula is C62H110O6. The molecule has 0 radical (unpaired) electrons. The molecule has 1 unspecified atom stereocenters. The zero-order valence-corrected chi connectivity index (χ0v) is 45.1. The van der Waals surface area contributed by atoms with Crippen LogP contribution in [0.15, 0.2) is 60.8 Å². The van der Waals surface area contributed by atoms with E-state index in [1.54, 1.807) is 0 Å². The molecule has 0 aliphatic rings. The quantitative estimate of drug-likeness (QED) is 0.0262. The number of esters is 3. The molecule has 0 rings (SSSR count). The fraction of sp³-hybridized carbons (Fsp3) is 0.790. The number of carbonyl (C=O) groups is 3. The first kappa shape index (κ1) is 65.1. The normalized spacial score (nSPS) is 12.5. The molecule has 6 heteroatoms. The zero-order chi connectivity index (χ0) is 49.3. The van der Waals surface area contributed by atoms with Crippen LogP contribution in [0.1, 0.15) is 297 Å². The fourth-order valence-electron chi connectivity index (χ4n) is 8.39. The van der Waals surface area contributed by atoms with Gasteiger partial charge in [0.25, 0.3) is 0 Å². The molecule has 0 saturated carbocycles. The van der Waals surface area contributed by atoms with Crippen molar-refractivity contribution in [3.63, 3.8) is 0 Å². The average Bonchev–Trinajstić information content (AvgIpc) is 3.34. The number of rotatable bonds is 53. The van der Waals surface area contributed by atoms with Gasteiger partial charge in [-0.2, -0.15) is 0 Å². The highest BCUT2D eigenvalue weighted by molar-refractivity contribution is 5.71. The first-order valence-corrected chi connectivity index (χ1v) is 29.3. The molecule has 0 aromatic heterocycles. The molecule has 68 heavy (non-hydrogen) atoms. The molecule has 0 bridgehead atoms. The van der Waals surface area contributed by atoms with Gasteiger partial charge in [-0.05, 0) is 70.6 Å². The SMILES string of the molecule is CC/C=C\C/C=C\C/C=C\C/C=C\CCC(=O)OCC(COC(=O)CCCCCCCCCCCCCCCCCCCCCCCCC)OC(=O)CCCCCCC/C=C\CCCCCCC. The van der Waals surface area contributed by atoms with Crippen molar-refractivity contribution in [1.82, 2.24) is 0 Å². The van der Waals surface area contributed by atoms with Gasteiger partial charge < -0.3 is 14.2 Å². The summed E-state index contributed by atoms with van der Waals surface area (Å²) >= 11 is 0. The number of hydrogen-bond acceptors (Lipinski definition) is 6. The zero-order valence-electron chi connectivity index (χ0n) is 45.1. The fourth-order valence-corrected chi connectivity index (χ4v) is 8.39. The largest absolute Gasteiger partial charge is 0.462 e. The monoisotopic (exact) mass is 951 g/mol. The van der Waals surface area contributed by atoms with Gasteiger partial charge in [-0.3, -0.25) is 14.4 Å². The van der Waals surface area contributed by atoms with Gasteiger partial charge in [-0.1, -0.05) is 268 Å². The minimum Gasteiger partial charge on any atom is -0.462 e. The van der Waals surface area contributed by atoms with Crippen molar-refractivity contribution in [2.24, 2.45) is 0 Å². The lowest BCUT2D eigenvalue weighted by Crippen LogP contribution is -2.30. The highest BCUT2D eigenvalue weighted by Gasteiger charge is 2.19. The summed E-state index contributed by atoms with van der Waals surface area (Å²) in [7, 11) is 0. The molecule has 0 aliphatic carbocycles. The number of carbonyl (C=O) groups excluding carboxylic acids is 3. The summed E-state index contributed by atoms with van der Waals surface area (Å²) in [5.41, 5.74) is 0. The van der Waals surface area contributed by atoms with E-state index in [1.807, 2.05) is 6.08 Å². The van der Waals surface area contributed by atoms with Crippen LogP contribution in [-0.4, -0.2) is 37.2 Å². The van der Waals surface area contributed by atoms with Gasteiger partial charge in [-0.15, -0.1) is 0 Å². The average molecular weight is 952 g/mol. The van der Waals surface area contributed by atoms with E-state index in [4.69, 9.17) is 14.2 Å². The van der Waals surface area contributed by atoms with Crippen LogP contribution in [0.25, 0.3) is 0 Å². The van der Waals surface area contributed by atoms with Crippen LogP contribution in [0.2, 0.25) is 0 Å². The lowest BCUT2D eigenvalue weighted by Gasteiger charge is -2.18. The first-order chi connectivity index (χ1) is 33.5. The maximum absolute atomic E-state index is 12.8. The summed E-state index contributed by atoms with van der Waals surface area (Å²) in [5.74, 6) is -0.979. The van der Waals surface area contributed by atoms with E-state index in [1.165, 1.54) is 173 Å². The smallest absolute Gasteiger partial charge is 0.306 e. The third-order valence-electron chi connectivity index (χ3n) is 12.8. The molecule has 0 saturated heterocycles. The van der Waals surface area contributed by atoms with Crippen molar-refractivity contribution in [2.45, 2.75) is 303 Å². The van der Waals surface area contributed by atoms with Crippen molar-refractivity contribution in [3.05, 3.63) is 60.8 Å². The Morgan fingerprint density at radius 3 is 0.985 bits per heavy atom. The van der Waals surface area contributed by atoms with Crippen LogP contribution < -0.4 is 0 Å². The third-order valence-corrected chi connectivity index (χ3v) is 12.8. The highest BCUT2D eigenvalue weighted by atomic mass is 16.6. The van der Waals surface area contributed by atoms with Crippen molar-refractivity contribution in [3.8, 4) is 0 Å². The number of allylic oxidation sites excluding steroid dienone is 10. The van der Waals surface area contributed by atoms with E-state index in [0.29, 0.717) is 19.3 Å². The topological polar surface area (TPSA) is 78.9 Å². The maximum Gasteiger partial charge on any atom is 0.306 e. The predicted octanol–water partition coefficient (Wildman–Crippen LogP) is 19.6. The van der Waals surface area contributed by atoms with Crippen molar-refractivity contribution in [1.29, 1.82) is 0 Å². The number of hydrogen-bond donors (Lipinski definition) is 0. The Labute approximate surface area is 421 Å². The standard InChI is InChI=1S/C62H110O6/c1-4-7-10-13-16-19-22-25-27-28-29-30-31-32-33-34-35-38-40-43-46-49-52-55-61(64)67-58-59(57-66-60(63)54-51-48-45-42-39-36-24-21-18-15-12-9-6-3)68-62(65)56-53-50-47-44-41-37-26-23-20-17-14-11-8-5-2/h9,12,18,21,23,26,36,39,45,48,59H,4-8,10-11,13-17,19-20,22,24-25,27-35,37-38,40-44,46-47,49-58H2,1-3H3/b12-9-,21-18-,26-23-,39-36-,48-45-. The van der Waals surface area contributed by atoms with E-state index in [-0.39, 0.29) is 37.5 Å². The molecular weight excluding hydrogens is 841 g/mol. The molecule has 6 nitrogen and oxygen atoms in total. The Balaban J connectivity index is 4.31. The molecule has 0 spiro atoms. The van der Waals surface area contributed by atoms with Crippen LogP contribution in [0.4, 0.5) is 0 Å². The molecule has 0 aliphatic heterocycles. The van der Waals surface area contributed by atoms with E-state index < -0.39 is 6.10 Å². The second-order valence-electron chi connectivity index (χ2n) is 19.5. The van der Waals surface area contributed by atoms with E-state index >= 15 is 0 Å². The predicted molar refractivity (Wildman–Crippen MR) is 293 cm³/mol. The summed E-state index contributed by atoms with van der Waals surface area (Å²) in [6, 6.07) is 0.